The van der Waals surface area contributed by atoms with Crippen LogP contribution in [0.2, 0.25) is 0 Å². The molecule has 7 heteroatoms. The zero-order chi connectivity index (χ0) is 18.2. The summed E-state index contributed by atoms with van der Waals surface area (Å²) in [5, 5.41) is 5.90. The van der Waals surface area contributed by atoms with E-state index in [1.165, 1.54) is 12.8 Å². The van der Waals surface area contributed by atoms with Gasteiger partial charge in [0.15, 0.2) is 0 Å². The lowest BCUT2D eigenvalue weighted by Crippen LogP contribution is -2.55. The Hall–Kier alpha value is -1.34. The first-order valence-corrected chi connectivity index (χ1v) is 9.75. The monoisotopic (exact) mass is 353 g/mol. The molecule has 0 bridgehead atoms. The van der Waals surface area contributed by atoms with Crippen molar-refractivity contribution in [2.75, 3.05) is 58.9 Å². The summed E-state index contributed by atoms with van der Waals surface area (Å²) in [6, 6.07) is 0.408. The van der Waals surface area contributed by atoms with E-state index < -0.39 is 0 Å². The first-order valence-electron chi connectivity index (χ1n) is 9.75. The van der Waals surface area contributed by atoms with Crippen molar-refractivity contribution < 1.29 is 9.59 Å². The van der Waals surface area contributed by atoms with Gasteiger partial charge in [0.05, 0.1) is 6.54 Å². The van der Waals surface area contributed by atoms with Gasteiger partial charge in [-0.25, -0.2) is 4.79 Å². The van der Waals surface area contributed by atoms with E-state index in [2.05, 4.69) is 34.3 Å². The van der Waals surface area contributed by atoms with Gasteiger partial charge in [-0.05, 0) is 45.7 Å². The second-order valence-electron chi connectivity index (χ2n) is 7.47. The Labute approximate surface area is 152 Å². The van der Waals surface area contributed by atoms with Crippen molar-refractivity contribution in [2.45, 2.75) is 39.7 Å². The Kier molecular flexibility index (Phi) is 7.96. The van der Waals surface area contributed by atoms with Crippen molar-refractivity contribution in [1.29, 1.82) is 0 Å². The number of rotatable bonds is 6. The van der Waals surface area contributed by atoms with Crippen LogP contribution in [0.15, 0.2) is 0 Å². The van der Waals surface area contributed by atoms with Gasteiger partial charge in [-0.1, -0.05) is 6.92 Å². The van der Waals surface area contributed by atoms with E-state index in [0.717, 1.165) is 32.1 Å². The maximum absolute atomic E-state index is 12.4. The van der Waals surface area contributed by atoms with Crippen LogP contribution >= 0.6 is 0 Å². The molecule has 0 aromatic carbocycles. The average Bonchev–Trinajstić information content (AvgIpc) is 2.61. The zero-order valence-corrected chi connectivity index (χ0v) is 16.1. The number of nitrogens with one attached hydrogen (secondary N) is 2. The van der Waals surface area contributed by atoms with E-state index in [9.17, 15) is 9.59 Å². The number of hydrogen-bond acceptors (Lipinski definition) is 4. The summed E-state index contributed by atoms with van der Waals surface area (Å²) < 4.78 is 0. The molecular formula is C18H35N5O2. The highest BCUT2D eigenvalue weighted by Crippen LogP contribution is 2.17. The lowest BCUT2D eigenvalue weighted by Gasteiger charge is -2.36. The van der Waals surface area contributed by atoms with Gasteiger partial charge in [-0.2, -0.15) is 0 Å². The van der Waals surface area contributed by atoms with Crippen LogP contribution in [0.25, 0.3) is 0 Å². The molecule has 2 fully saturated rings. The van der Waals surface area contributed by atoms with Crippen LogP contribution in [-0.2, 0) is 4.79 Å². The lowest BCUT2D eigenvalue weighted by molar-refractivity contribution is -0.122. The molecule has 3 amide bonds. The summed E-state index contributed by atoms with van der Waals surface area (Å²) in [4.78, 5) is 30.4. The predicted octanol–water partition coefficient (Wildman–Crippen LogP) is 0.570. The third-order valence-electron chi connectivity index (χ3n) is 5.39. The Morgan fingerprint density at radius 2 is 1.68 bits per heavy atom. The number of amides is 3. The first-order chi connectivity index (χ1) is 12.0. The number of hydrogen-bond donors (Lipinski definition) is 2. The minimum atomic E-state index is 0.0230. The minimum absolute atomic E-state index is 0.0230. The van der Waals surface area contributed by atoms with Crippen LogP contribution in [0.5, 0.6) is 0 Å². The molecule has 1 unspecified atom stereocenters. The fourth-order valence-electron chi connectivity index (χ4n) is 3.51. The van der Waals surface area contributed by atoms with Crippen molar-refractivity contribution in [3.8, 4) is 0 Å². The number of piperidine rings is 1. The maximum Gasteiger partial charge on any atom is 0.317 e. The topological polar surface area (TPSA) is 67.9 Å². The number of nitrogens with zero attached hydrogens (tertiary/aromatic N) is 3. The Morgan fingerprint density at radius 3 is 2.28 bits per heavy atom. The Bertz CT molecular complexity index is 429. The smallest absolute Gasteiger partial charge is 0.317 e. The van der Waals surface area contributed by atoms with Gasteiger partial charge in [0.2, 0.25) is 5.91 Å². The van der Waals surface area contributed by atoms with E-state index in [1.807, 2.05) is 11.8 Å². The third-order valence-corrected chi connectivity index (χ3v) is 5.39. The molecule has 0 saturated carbocycles. The molecule has 0 radical (unpaired) electrons. The van der Waals surface area contributed by atoms with Gasteiger partial charge in [0.25, 0.3) is 0 Å². The second kappa shape index (κ2) is 9.97. The summed E-state index contributed by atoms with van der Waals surface area (Å²) in [7, 11) is 0. The van der Waals surface area contributed by atoms with Crippen molar-refractivity contribution in [1.82, 2.24) is 25.3 Å². The van der Waals surface area contributed by atoms with Gasteiger partial charge >= 0.3 is 6.03 Å². The van der Waals surface area contributed by atoms with E-state index in [-0.39, 0.29) is 11.9 Å². The zero-order valence-electron chi connectivity index (χ0n) is 16.1. The van der Waals surface area contributed by atoms with Crippen LogP contribution in [0, 0.1) is 5.92 Å². The molecule has 2 heterocycles. The van der Waals surface area contributed by atoms with E-state index in [1.54, 1.807) is 0 Å². The molecule has 2 N–H and O–H groups in total. The predicted molar refractivity (Wildman–Crippen MR) is 99.5 cm³/mol. The van der Waals surface area contributed by atoms with E-state index >= 15 is 0 Å². The summed E-state index contributed by atoms with van der Waals surface area (Å²) in [5.74, 6) is 0.888. The normalized spacial score (nSPS) is 21.8. The molecule has 25 heavy (non-hydrogen) atoms. The molecule has 2 saturated heterocycles. The number of piperazine rings is 1. The third kappa shape index (κ3) is 6.47. The first kappa shape index (κ1) is 20.0. The van der Waals surface area contributed by atoms with E-state index in [4.69, 9.17) is 0 Å². The lowest BCUT2D eigenvalue weighted by atomic mass is 9.98. The molecule has 2 aliphatic heterocycles. The number of carbonyl (C=O) groups is 2. The van der Waals surface area contributed by atoms with Crippen LogP contribution in [0.3, 0.4) is 0 Å². The van der Waals surface area contributed by atoms with Crippen LogP contribution in [-0.4, -0.2) is 91.6 Å². The molecule has 0 aliphatic carbocycles. The summed E-state index contributed by atoms with van der Waals surface area (Å²) >= 11 is 0. The van der Waals surface area contributed by atoms with Crippen molar-refractivity contribution in [2.24, 2.45) is 5.92 Å². The molecule has 2 rings (SSSR count). The summed E-state index contributed by atoms with van der Waals surface area (Å²) in [6.07, 6.45) is 2.51. The van der Waals surface area contributed by atoms with Crippen molar-refractivity contribution in [3.63, 3.8) is 0 Å². The molecular weight excluding hydrogens is 318 g/mol. The fraction of sp³-hybridized carbons (Fsp3) is 0.889. The van der Waals surface area contributed by atoms with Crippen LogP contribution in [0.1, 0.15) is 33.6 Å². The number of carbonyl (C=O) groups excluding carboxylic acids is 2. The van der Waals surface area contributed by atoms with Gasteiger partial charge in [0, 0.05) is 45.3 Å². The van der Waals surface area contributed by atoms with Crippen molar-refractivity contribution in [3.05, 3.63) is 0 Å². The summed E-state index contributed by atoms with van der Waals surface area (Å²) in [5.41, 5.74) is 0. The molecule has 7 nitrogen and oxygen atoms in total. The SMILES string of the molecule is CCNC(=O)CN1CCN(C(=O)NCC(C)N2CCC(C)CC2)CC1. The highest BCUT2D eigenvalue weighted by atomic mass is 16.2. The van der Waals surface area contributed by atoms with Crippen molar-refractivity contribution >= 4 is 11.9 Å². The fourth-order valence-corrected chi connectivity index (χ4v) is 3.51. The maximum atomic E-state index is 12.4. The average molecular weight is 354 g/mol. The minimum Gasteiger partial charge on any atom is -0.355 e. The van der Waals surface area contributed by atoms with Gasteiger partial charge in [-0.3, -0.25) is 14.6 Å². The second-order valence-corrected chi connectivity index (χ2v) is 7.47. The highest BCUT2D eigenvalue weighted by Gasteiger charge is 2.24. The van der Waals surface area contributed by atoms with E-state index in [0.29, 0.717) is 38.8 Å². The number of likely N-dealkylation sites (tertiary alicyclic amines) is 1. The highest BCUT2D eigenvalue weighted by molar-refractivity contribution is 5.78. The Balaban J connectivity index is 1.64. The van der Waals surface area contributed by atoms with Crippen LogP contribution < -0.4 is 10.6 Å². The molecule has 1 atom stereocenters. The molecule has 0 aromatic heterocycles. The largest absolute Gasteiger partial charge is 0.355 e. The van der Waals surface area contributed by atoms with Gasteiger partial charge < -0.3 is 15.5 Å². The summed E-state index contributed by atoms with van der Waals surface area (Å²) in [6.45, 7) is 13.4. The molecule has 2 aliphatic rings. The molecule has 0 aromatic rings. The van der Waals surface area contributed by atoms with Gasteiger partial charge in [0.1, 0.15) is 0 Å². The standard InChI is InChI=1S/C18H35N5O2/c1-4-19-17(24)14-21-9-11-23(12-10-21)18(25)20-13-16(3)22-7-5-15(2)6-8-22/h15-16H,4-14H2,1-3H3,(H,19,24)(H,20,25). The van der Waals surface area contributed by atoms with Gasteiger partial charge in [-0.15, -0.1) is 0 Å². The number of likely N-dealkylation sites (N-methyl/N-ethyl adjacent to an activating group) is 1. The Morgan fingerprint density at radius 1 is 1.04 bits per heavy atom. The number of urea groups is 1. The quantitative estimate of drug-likeness (QED) is 0.733. The molecule has 144 valence electrons. The molecule has 0 spiro atoms. The van der Waals surface area contributed by atoms with Crippen LogP contribution in [0.4, 0.5) is 4.79 Å².